The number of carbonyl (C=O) groups excluding carboxylic acids is 2. The van der Waals surface area contributed by atoms with Gasteiger partial charge < -0.3 is 10.6 Å². The molecule has 4 rings (SSSR count). The number of nitrogens with one attached hydrogen (secondary N) is 2. The highest BCUT2D eigenvalue weighted by molar-refractivity contribution is 6.30. The van der Waals surface area contributed by atoms with Crippen molar-refractivity contribution >= 4 is 34.3 Å². The number of hydrogen-bond acceptors (Lipinski definition) is 3. The van der Waals surface area contributed by atoms with E-state index >= 15 is 0 Å². The van der Waals surface area contributed by atoms with E-state index in [2.05, 4.69) is 27.8 Å². The smallest absolute Gasteiger partial charge is 0.253 e. The van der Waals surface area contributed by atoms with Crippen molar-refractivity contribution in [1.29, 1.82) is 0 Å². The SMILES string of the molecule is O=C(NC(Cc1ccc(Cl)cc1)C(=O)NCCCc1ccccc1)c1cnc2ccccc2c1. The Labute approximate surface area is 204 Å². The molecule has 0 aliphatic rings. The molecular weight excluding hydrogens is 446 g/mol. The Morgan fingerprint density at radius 3 is 2.41 bits per heavy atom. The van der Waals surface area contributed by atoms with Crippen LogP contribution < -0.4 is 10.6 Å². The van der Waals surface area contributed by atoms with Crippen LogP contribution in [0.15, 0.2) is 91.1 Å². The highest BCUT2D eigenvalue weighted by atomic mass is 35.5. The van der Waals surface area contributed by atoms with Crippen LogP contribution in [0.25, 0.3) is 10.9 Å². The molecule has 6 heteroatoms. The summed E-state index contributed by atoms with van der Waals surface area (Å²) >= 11 is 6.00. The molecule has 3 aromatic carbocycles. The third kappa shape index (κ3) is 6.42. The average molecular weight is 472 g/mol. The number of aryl methyl sites for hydroxylation is 1. The van der Waals surface area contributed by atoms with Gasteiger partial charge in [0.25, 0.3) is 5.91 Å². The molecule has 1 heterocycles. The summed E-state index contributed by atoms with van der Waals surface area (Å²) in [4.78, 5) is 30.4. The van der Waals surface area contributed by atoms with Crippen LogP contribution in [0, 0.1) is 0 Å². The van der Waals surface area contributed by atoms with E-state index in [1.807, 2.05) is 54.6 Å². The predicted molar refractivity (Wildman–Crippen MR) is 136 cm³/mol. The summed E-state index contributed by atoms with van der Waals surface area (Å²) in [5.74, 6) is -0.554. The van der Waals surface area contributed by atoms with E-state index < -0.39 is 6.04 Å². The maximum absolute atomic E-state index is 13.0. The van der Waals surface area contributed by atoms with Crippen molar-refractivity contribution in [3.05, 3.63) is 113 Å². The van der Waals surface area contributed by atoms with Crippen molar-refractivity contribution in [1.82, 2.24) is 15.6 Å². The zero-order valence-electron chi connectivity index (χ0n) is 18.7. The minimum absolute atomic E-state index is 0.217. The van der Waals surface area contributed by atoms with Gasteiger partial charge in [-0.05, 0) is 48.2 Å². The first-order valence-corrected chi connectivity index (χ1v) is 11.7. The zero-order valence-corrected chi connectivity index (χ0v) is 19.5. The Morgan fingerprint density at radius 2 is 1.62 bits per heavy atom. The van der Waals surface area contributed by atoms with Crippen LogP contribution in [0.1, 0.15) is 27.9 Å². The van der Waals surface area contributed by atoms with E-state index in [0.29, 0.717) is 23.6 Å². The normalized spacial score (nSPS) is 11.7. The number of aromatic nitrogens is 1. The molecule has 172 valence electrons. The molecule has 0 fully saturated rings. The molecule has 0 saturated heterocycles. The van der Waals surface area contributed by atoms with E-state index in [9.17, 15) is 9.59 Å². The van der Waals surface area contributed by atoms with Crippen molar-refractivity contribution in [2.75, 3.05) is 6.54 Å². The highest BCUT2D eigenvalue weighted by Gasteiger charge is 2.22. The lowest BCUT2D eigenvalue weighted by molar-refractivity contribution is -0.122. The molecule has 0 radical (unpaired) electrons. The van der Waals surface area contributed by atoms with E-state index in [1.54, 1.807) is 18.2 Å². The second-order valence-corrected chi connectivity index (χ2v) is 8.59. The highest BCUT2D eigenvalue weighted by Crippen LogP contribution is 2.14. The molecule has 4 aromatic rings. The number of nitrogens with zero attached hydrogens (tertiary/aromatic N) is 1. The quantitative estimate of drug-likeness (QED) is 0.338. The average Bonchev–Trinajstić information content (AvgIpc) is 2.87. The maximum Gasteiger partial charge on any atom is 0.253 e. The first-order chi connectivity index (χ1) is 16.6. The zero-order chi connectivity index (χ0) is 23.8. The molecule has 5 nitrogen and oxygen atoms in total. The number of halogens is 1. The van der Waals surface area contributed by atoms with Gasteiger partial charge in [0.1, 0.15) is 6.04 Å². The number of hydrogen-bond donors (Lipinski definition) is 2. The summed E-state index contributed by atoms with van der Waals surface area (Å²) in [6.45, 7) is 0.526. The van der Waals surface area contributed by atoms with Gasteiger partial charge in [-0.1, -0.05) is 72.3 Å². The Bertz CT molecular complexity index is 1260. The van der Waals surface area contributed by atoms with Crippen LogP contribution in [-0.4, -0.2) is 29.4 Å². The Balaban J connectivity index is 1.43. The fraction of sp³-hybridized carbons (Fsp3) is 0.179. The van der Waals surface area contributed by atoms with Gasteiger partial charge in [0.2, 0.25) is 5.91 Å². The van der Waals surface area contributed by atoms with Gasteiger partial charge >= 0.3 is 0 Å². The Hall–Kier alpha value is -3.70. The fourth-order valence-electron chi connectivity index (χ4n) is 3.77. The lowest BCUT2D eigenvalue weighted by Gasteiger charge is -2.19. The van der Waals surface area contributed by atoms with Gasteiger partial charge in [0.05, 0.1) is 11.1 Å². The third-order valence-corrected chi connectivity index (χ3v) is 5.86. The van der Waals surface area contributed by atoms with Crippen molar-refractivity contribution in [3.63, 3.8) is 0 Å². The van der Waals surface area contributed by atoms with Crippen LogP contribution in [-0.2, 0) is 17.6 Å². The van der Waals surface area contributed by atoms with E-state index in [1.165, 1.54) is 11.8 Å². The number of para-hydroxylation sites is 1. The third-order valence-electron chi connectivity index (χ3n) is 5.61. The van der Waals surface area contributed by atoms with Crippen LogP contribution >= 0.6 is 11.6 Å². The predicted octanol–water partition coefficient (Wildman–Crippen LogP) is 4.98. The molecule has 0 saturated carbocycles. The standard InChI is InChI=1S/C28H26ClN3O2/c29-24-14-12-21(13-15-24)17-26(28(34)30-16-6-9-20-7-2-1-3-8-20)32-27(33)23-18-22-10-4-5-11-25(22)31-19-23/h1-5,7-8,10-15,18-19,26H,6,9,16-17H2,(H,30,34)(H,32,33). The van der Waals surface area contributed by atoms with Gasteiger partial charge in [-0.25, -0.2) is 0 Å². The fourth-order valence-corrected chi connectivity index (χ4v) is 3.90. The van der Waals surface area contributed by atoms with Crippen LogP contribution in [0.2, 0.25) is 5.02 Å². The number of fused-ring (bicyclic) bond motifs is 1. The number of carbonyl (C=O) groups is 2. The van der Waals surface area contributed by atoms with Gasteiger partial charge in [-0.3, -0.25) is 14.6 Å². The topological polar surface area (TPSA) is 71.1 Å². The van der Waals surface area contributed by atoms with Gasteiger partial charge in [0.15, 0.2) is 0 Å². The number of rotatable bonds is 9. The van der Waals surface area contributed by atoms with Crippen LogP contribution in [0.4, 0.5) is 0 Å². The molecular formula is C28H26ClN3O2. The van der Waals surface area contributed by atoms with E-state index in [-0.39, 0.29) is 11.8 Å². The van der Waals surface area contributed by atoms with Crippen LogP contribution in [0.3, 0.4) is 0 Å². The molecule has 1 unspecified atom stereocenters. The summed E-state index contributed by atoms with van der Waals surface area (Å²) in [5, 5.41) is 7.36. The number of benzene rings is 3. The lowest BCUT2D eigenvalue weighted by Crippen LogP contribution is -2.48. The maximum atomic E-state index is 13.0. The summed E-state index contributed by atoms with van der Waals surface area (Å²) in [6.07, 6.45) is 3.58. The monoisotopic (exact) mass is 471 g/mol. The summed E-state index contributed by atoms with van der Waals surface area (Å²) in [7, 11) is 0. The van der Waals surface area contributed by atoms with Gasteiger partial charge in [-0.2, -0.15) is 0 Å². The molecule has 34 heavy (non-hydrogen) atoms. The largest absolute Gasteiger partial charge is 0.354 e. The molecule has 1 atom stereocenters. The second-order valence-electron chi connectivity index (χ2n) is 8.15. The minimum Gasteiger partial charge on any atom is -0.354 e. The van der Waals surface area contributed by atoms with E-state index in [0.717, 1.165) is 29.3 Å². The molecule has 1 aromatic heterocycles. The summed E-state index contributed by atoms with van der Waals surface area (Å²) < 4.78 is 0. The summed E-state index contributed by atoms with van der Waals surface area (Å²) in [6, 6.07) is 26.1. The lowest BCUT2D eigenvalue weighted by atomic mass is 10.0. The number of amides is 2. The Morgan fingerprint density at radius 1 is 0.882 bits per heavy atom. The van der Waals surface area contributed by atoms with E-state index in [4.69, 9.17) is 11.6 Å². The number of pyridine rings is 1. The molecule has 2 amide bonds. The first-order valence-electron chi connectivity index (χ1n) is 11.3. The van der Waals surface area contributed by atoms with Crippen molar-refractivity contribution in [2.24, 2.45) is 0 Å². The first kappa shape index (κ1) is 23.5. The molecule has 2 N–H and O–H groups in total. The van der Waals surface area contributed by atoms with Crippen molar-refractivity contribution in [3.8, 4) is 0 Å². The second kappa shape index (κ2) is 11.4. The van der Waals surface area contributed by atoms with Crippen LogP contribution in [0.5, 0.6) is 0 Å². The van der Waals surface area contributed by atoms with Crippen molar-refractivity contribution < 1.29 is 9.59 Å². The molecule has 0 aliphatic heterocycles. The van der Waals surface area contributed by atoms with Gasteiger partial charge in [0, 0.05) is 29.6 Å². The Kier molecular flexibility index (Phi) is 7.89. The van der Waals surface area contributed by atoms with Gasteiger partial charge in [-0.15, -0.1) is 0 Å². The van der Waals surface area contributed by atoms with Crippen molar-refractivity contribution in [2.45, 2.75) is 25.3 Å². The minimum atomic E-state index is -0.725. The molecule has 0 aliphatic carbocycles. The molecule has 0 bridgehead atoms. The summed E-state index contributed by atoms with van der Waals surface area (Å²) in [5.41, 5.74) is 3.36. The molecule has 0 spiro atoms.